The van der Waals surface area contributed by atoms with Crippen LogP contribution in [-0.2, 0) is 0 Å². The van der Waals surface area contributed by atoms with Gasteiger partial charge in [-0.15, -0.1) is 0 Å². The number of halogens is 3. The number of hydrogen-bond acceptors (Lipinski definition) is 3. The average Bonchev–Trinajstić information content (AvgIpc) is 2.24. The number of alkyl halides is 2. The Morgan fingerprint density at radius 2 is 1.81 bits per heavy atom. The molecule has 1 fully saturated rings. The maximum atomic E-state index is 12.9. The van der Waals surface area contributed by atoms with E-state index in [4.69, 9.17) is 16.3 Å². The molecular weight excluding hydrogens is 238 g/mol. The zero-order valence-electron chi connectivity index (χ0n) is 8.50. The molecule has 2 rings (SSSR count). The van der Waals surface area contributed by atoms with Gasteiger partial charge < -0.3 is 4.74 Å². The number of aromatic nitrogens is 2. The number of ether oxygens (including phenoxy) is 1. The molecule has 3 nitrogen and oxygen atoms in total. The molecule has 0 radical (unpaired) electrons. The normalized spacial score (nSPS) is 20.7. The van der Waals surface area contributed by atoms with Gasteiger partial charge in [0, 0.05) is 12.8 Å². The minimum Gasteiger partial charge on any atom is -0.460 e. The van der Waals surface area contributed by atoms with Crippen LogP contribution in [0.5, 0.6) is 6.01 Å². The van der Waals surface area contributed by atoms with E-state index in [1.807, 2.05) is 0 Å². The van der Waals surface area contributed by atoms with Gasteiger partial charge >= 0.3 is 6.01 Å². The lowest BCUT2D eigenvalue weighted by Gasteiger charge is -2.27. The van der Waals surface area contributed by atoms with Gasteiger partial charge in [0.25, 0.3) is 0 Å². The first-order valence-electron chi connectivity index (χ1n) is 5.07. The van der Waals surface area contributed by atoms with Crippen molar-refractivity contribution >= 4 is 11.6 Å². The molecule has 0 atom stereocenters. The van der Waals surface area contributed by atoms with E-state index >= 15 is 0 Å². The Morgan fingerprint density at radius 3 is 2.38 bits per heavy atom. The third-order valence-electron chi connectivity index (χ3n) is 2.53. The van der Waals surface area contributed by atoms with Crippen LogP contribution in [0.25, 0.3) is 0 Å². The van der Waals surface area contributed by atoms with Crippen LogP contribution in [0.3, 0.4) is 0 Å². The van der Waals surface area contributed by atoms with E-state index in [1.165, 1.54) is 12.4 Å². The average molecular weight is 249 g/mol. The Hall–Kier alpha value is -0.970. The highest BCUT2D eigenvalue weighted by atomic mass is 35.5. The Balaban J connectivity index is 1.89. The van der Waals surface area contributed by atoms with Gasteiger partial charge in [0.05, 0.1) is 17.4 Å². The van der Waals surface area contributed by atoms with Gasteiger partial charge in [-0.25, -0.2) is 18.7 Å². The maximum Gasteiger partial charge on any atom is 0.316 e. The first-order valence-corrected chi connectivity index (χ1v) is 5.45. The van der Waals surface area contributed by atoms with Crippen molar-refractivity contribution < 1.29 is 13.5 Å². The van der Waals surface area contributed by atoms with Gasteiger partial charge in [-0.3, -0.25) is 0 Å². The first-order chi connectivity index (χ1) is 7.55. The van der Waals surface area contributed by atoms with Gasteiger partial charge in [-0.05, 0) is 12.8 Å². The van der Waals surface area contributed by atoms with Crippen LogP contribution in [-0.4, -0.2) is 22.0 Å². The Bertz CT molecular complexity index is 348. The quantitative estimate of drug-likeness (QED) is 0.807. The molecule has 1 heterocycles. The second-order valence-corrected chi connectivity index (χ2v) is 4.29. The highest BCUT2D eigenvalue weighted by Gasteiger charge is 2.35. The summed E-state index contributed by atoms with van der Waals surface area (Å²) < 4.78 is 31.1. The summed E-state index contributed by atoms with van der Waals surface area (Å²) >= 11 is 5.61. The van der Waals surface area contributed by atoms with E-state index in [1.54, 1.807) is 0 Å². The second kappa shape index (κ2) is 4.49. The van der Waals surface area contributed by atoms with Crippen molar-refractivity contribution in [2.45, 2.75) is 37.7 Å². The Kier molecular flexibility index (Phi) is 3.23. The fourth-order valence-corrected chi connectivity index (χ4v) is 1.74. The van der Waals surface area contributed by atoms with Crippen LogP contribution in [0, 0.1) is 0 Å². The maximum absolute atomic E-state index is 12.9. The van der Waals surface area contributed by atoms with Crippen molar-refractivity contribution in [3.05, 3.63) is 17.4 Å². The summed E-state index contributed by atoms with van der Waals surface area (Å²) in [5.74, 6) is -2.54. The molecule has 16 heavy (non-hydrogen) atoms. The topological polar surface area (TPSA) is 35.0 Å². The molecule has 6 heteroatoms. The smallest absolute Gasteiger partial charge is 0.316 e. The lowest BCUT2D eigenvalue weighted by atomic mass is 9.94. The van der Waals surface area contributed by atoms with Crippen LogP contribution in [0.2, 0.25) is 5.02 Å². The molecule has 1 aromatic heterocycles. The molecule has 0 bridgehead atoms. The van der Waals surface area contributed by atoms with Gasteiger partial charge in [0.1, 0.15) is 6.10 Å². The minimum absolute atomic E-state index is 0.134. The summed E-state index contributed by atoms with van der Waals surface area (Å²) in [6.07, 6.45) is 3.01. The monoisotopic (exact) mass is 248 g/mol. The molecule has 0 aliphatic heterocycles. The minimum atomic E-state index is -2.54. The van der Waals surface area contributed by atoms with Crippen LogP contribution < -0.4 is 4.74 Å². The summed E-state index contributed by atoms with van der Waals surface area (Å²) in [5, 5.41) is 0.419. The molecule has 1 aromatic rings. The van der Waals surface area contributed by atoms with Gasteiger partial charge in [-0.1, -0.05) is 11.6 Å². The van der Waals surface area contributed by atoms with Gasteiger partial charge in [-0.2, -0.15) is 0 Å². The molecule has 0 saturated heterocycles. The standard InChI is InChI=1S/C10H11ClF2N2O/c11-7-5-14-9(15-6-7)16-8-1-3-10(12,13)4-2-8/h5-6,8H,1-4H2. The van der Waals surface area contributed by atoms with Crippen LogP contribution in [0.4, 0.5) is 8.78 Å². The number of hydrogen-bond donors (Lipinski definition) is 0. The van der Waals surface area contributed by atoms with E-state index < -0.39 is 5.92 Å². The SMILES string of the molecule is FC1(F)CCC(Oc2ncc(Cl)cn2)CC1. The van der Waals surface area contributed by atoms with Crippen molar-refractivity contribution in [2.24, 2.45) is 0 Å². The van der Waals surface area contributed by atoms with Crippen molar-refractivity contribution in [3.63, 3.8) is 0 Å². The highest BCUT2D eigenvalue weighted by molar-refractivity contribution is 6.30. The molecule has 1 saturated carbocycles. The molecule has 88 valence electrons. The van der Waals surface area contributed by atoms with E-state index in [0.29, 0.717) is 17.9 Å². The van der Waals surface area contributed by atoms with E-state index in [9.17, 15) is 8.78 Å². The first kappa shape index (κ1) is 11.5. The zero-order valence-corrected chi connectivity index (χ0v) is 9.25. The van der Waals surface area contributed by atoms with Crippen molar-refractivity contribution in [3.8, 4) is 6.01 Å². The van der Waals surface area contributed by atoms with Crippen molar-refractivity contribution in [1.82, 2.24) is 9.97 Å². The summed E-state index contributed by atoms with van der Waals surface area (Å²) in [6.45, 7) is 0. The van der Waals surface area contributed by atoms with Gasteiger partial charge in [0.2, 0.25) is 5.92 Å². The van der Waals surface area contributed by atoms with E-state index in [-0.39, 0.29) is 25.0 Å². The molecule has 0 unspecified atom stereocenters. The van der Waals surface area contributed by atoms with Gasteiger partial charge in [0.15, 0.2) is 0 Å². The number of rotatable bonds is 2. The summed E-state index contributed by atoms with van der Waals surface area (Å²) in [7, 11) is 0. The predicted octanol–water partition coefficient (Wildman–Crippen LogP) is 3.09. The van der Waals surface area contributed by atoms with Crippen LogP contribution >= 0.6 is 11.6 Å². The highest BCUT2D eigenvalue weighted by Crippen LogP contribution is 2.34. The lowest BCUT2D eigenvalue weighted by Crippen LogP contribution is -2.31. The largest absolute Gasteiger partial charge is 0.460 e. The Morgan fingerprint density at radius 1 is 1.25 bits per heavy atom. The molecule has 1 aliphatic carbocycles. The Labute approximate surface area is 96.8 Å². The summed E-state index contributed by atoms with van der Waals surface area (Å²) in [6, 6.07) is 0.194. The summed E-state index contributed by atoms with van der Waals surface area (Å²) in [4.78, 5) is 7.71. The third-order valence-corrected chi connectivity index (χ3v) is 2.73. The fraction of sp³-hybridized carbons (Fsp3) is 0.600. The second-order valence-electron chi connectivity index (χ2n) is 3.86. The molecular formula is C10H11ClF2N2O. The third kappa shape index (κ3) is 3.01. The molecule has 1 aliphatic rings. The molecule has 0 spiro atoms. The molecule has 0 amide bonds. The lowest BCUT2D eigenvalue weighted by molar-refractivity contribution is -0.0594. The number of nitrogens with zero attached hydrogens (tertiary/aromatic N) is 2. The van der Waals surface area contributed by atoms with Crippen LogP contribution in [0.1, 0.15) is 25.7 Å². The van der Waals surface area contributed by atoms with Crippen molar-refractivity contribution in [2.75, 3.05) is 0 Å². The fourth-order valence-electron chi connectivity index (χ4n) is 1.64. The molecule has 0 aromatic carbocycles. The predicted molar refractivity (Wildman–Crippen MR) is 54.9 cm³/mol. The zero-order chi connectivity index (χ0) is 11.6. The molecule has 0 N–H and O–H groups in total. The van der Waals surface area contributed by atoms with E-state index in [2.05, 4.69) is 9.97 Å². The van der Waals surface area contributed by atoms with E-state index in [0.717, 1.165) is 0 Å². The summed E-state index contributed by atoms with van der Waals surface area (Å²) in [5.41, 5.74) is 0. The van der Waals surface area contributed by atoms with Crippen molar-refractivity contribution in [1.29, 1.82) is 0 Å². The van der Waals surface area contributed by atoms with Crippen LogP contribution in [0.15, 0.2) is 12.4 Å².